The Bertz CT molecular complexity index is 543. The van der Waals surface area contributed by atoms with E-state index in [9.17, 15) is 9.90 Å². The summed E-state index contributed by atoms with van der Waals surface area (Å²) in [6, 6.07) is -0.449. The third-order valence-corrected chi connectivity index (χ3v) is 4.95. The van der Waals surface area contributed by atoms with Gasteiger partial charge in [-0.3, -0.25) is 4.79 Å². The fourth-order valence-electron chi connectivity index (χ4n) is 3.04. The second-order valence-electron chi connectivity index (χ2n) is 5.40. The van der Waals surface area contributed by atoms with Crippen LogP contribution in [0.15, 0.2) is 4.47 Å². The number of nitrogens with two attached hydrogens (primary N) is 1. The molecule has 0 aromatic heterocycles. The van der Waals surface area contributed by atoms with Crippen molar-refractivity contribution in [2.45, 2.75) is 51.5 Å². The largest absolute Gasteiger partial charge is 0.506 e. The van der Waals surface area contributed by atoms with Crippen molar-refractivity contribution in [1.29, 1.82) is 0 Å². The Labute approximate surface area is 127 Å². The van der Waals surface area contributed by atoms with Gasteiger partial charge in [-0.15, -0.1) is 0 Å². The number of fused-ring (bicyclic) bond motifs is 1. The van der Waals surface area contributed by atoms with E-state index < -0.39 is 12.0 Å². The van der Waals surface area contributed by atoms with Gasteiger partial charge in [0.1, 0.15) is 5.75 Å². The predicted molar refractivity (Wildman–Crippen MR) is 81.0 cm³/mol. The zero-order valence-corrected chi connectivity index (χ0v) is 13.2. The molecular weight excluding hydrogens is 322 g/mol. The molecule has 0 spiro atoms. The van der Waals surface area contributed by atoms with Gasteiger partial charge in [-0.05, 0) is 71.6 Å². The SMILES string of the molecule is Cc1c2c(c(Br)c(O)c1C(N)CCC(=O)O)CCCC2. The van der Waals surface area contributed by atoms with Crippen LogP contribution in [0.3, 0.4) is 0 Å². The normalized spacial score (nSPS) is 15.8. The van der Waals surface area contributed by atoms with Gasteiger partial charge >= 0.3 is 5.97 Å². The van der Waals surface area contributed by atoms with Crippen molar-refractivity contribution in [3.05, 3.63) is 26.7 Å². The van der Waals surface area contributed by atoms with Gasteiger partial charge in [-0.25, -0.2) is 0 Å². The van der Waals surface area contributed by atoms with Gasteiger partial charge in [0.05, 0.1) is 4.47 Å². The van der Waals surface area contributed by atoms with Gasteiger partial charge in [0.25, 0.3) is 0 Å². The smallest absolute Gasteiger partial charge is 0.303 e. The minimum absolute atomic E-state index is 0.00868. The Kier molecular flexibility index (Phi) is 4.70. The average molecular weight is 342 g/mol. The lowest BCUT2D eigenvalue weighted by Crippen LogP contribution is -2.17. The van der Waals surface area contributed by atoms with E-state index in [-0.39, 0.29) is 12.2 Å². The van der Waals surface area contributed by atoms with Crippen molar-refractivity contribution in [3.63, 3.8) is 0 Å². The lowest BCUT2D eigenvalue weighted by Gasteiger charge is -2.26. The number of aliphatic carboxylic acids is 1. The fourth-order valence-corrected chi connectivity index (χ4v) is 3.69. The first-order valence-corrected chi connectivity index (χ1v) is 7.72. The number of aromatic hydroxyl groups is 1. The maximum atomic E-state index is 10.7. The highest BCUT2D eigenvalue weighted by molar-refractivity contribution is 9.10. The van der Waals surface area contributed by atoms with Gasteiger partial charge in [0, 0.05) is 18.0 Å². The molecule has 0 saturated heterocycles. The number of carboxylic acids is 1. The molecule has 1 aliphatic rings. The molecule has 1 aliphatic carbocycles. The van der Waals surface area contributed by atoms with E-state index in [0.29, 0.717) is 12.0 Å². The van der Waals surface area contributed by atoms with Crippen LogP contribution in [0.25, 0.3) is 0 Å². The second kappa shape index (κ2) is 6.14. The molecule has 2 rings (SSSR count). The average Bonchev–Trinajstić information content (AvgIpc) is 2.43. The molecule has 0 amide bonds. The molecule has 0 bridgehead atoms. The summed E-state index contributed by atoms with van der Waals surface area (Å²) in [4.78, 5) is 10.7. The molecule has 0 fully saturated rings. The molecule has 110 valence electrons. The van der Waals surface area contributed by atoms with Gasteiger partial charge in [-0.1, -0.05) is 0 Å². The number of benzene rings is 1. The Balaban J connectivity index is 2.42. The van der Waals surface area contributed by atoms with Crippen molar-refractivity contribution in [1.82, 2.24) is 0 Å². The highest BCUT2D eigenvalue weighted by Crippen LogP contribution is 2.43. The van der Waals surface area contributed by atoms with Crippen LogP contribution in [0, 0.1) is 6.92 Å². The number of phenols is 1. The number of phenolic OH excluding ortho intramolecular Hbond substituents is 1. The molecule has 0 aliphatic heterocycles. The minimum Gasteiger partial charge on any atom is -0.506 e. The molecule has 20 heavy (non-hydrogen) atoms. The first-order chi connectivity index (χ1) is 9.43. The van der Waals surface area contributed by atoms with Gasteiger partial charge < -0.3 is 15.9 Å². The third kappa shape index (κ3) is 2.83. The molecule has 1 atom stereocenters. The Morgan fingerprint density at radius 3 is 2.55 bits per heavy atom. The van der Waals surface area contributed by atoms with Crippen LogP contribution in [0.4, 0.5) is 0 Å². The highest BCUT2D eigenvalue weighted by Gasteiger charge is 2.25. The lowest BCUT2D eigenvalue weighted by atomic mass is 9.83. The van der Waals surface area contributed by atoms with Crippen LogP contribution in [0.5, 0.6) is 5.75 Å². The quantitative estimate of drug-likeness (QED) is 0.785. The van der Waals surface area contributed by atoms with Crippen LogP contribution in [-0.2, 0) is 17.6 Å². The summed E-state index contributed by atoms with van der Waals surface area (Å²) in [6.07, 6.45) is 4.58. The first-order valence-electron chi connectivity index (χ1n) is 6.93. The lowest BCUT2D eigenvalue weighted by molar-refractivity contribution is -0.137. The van der Waals surface area contributed by atoms with Crippen LogP contribution in [-0.4, -0.2) is 16.2 Å². The van der Waals surface area contributed by atoms with Gasteiger partial charge in [0.15, 0.2) is 0 Å². The van der Waals surface area contributed by atoms with E-state index >= 15 is 0 Å². The van der Waals surface area contributed by atoms with Crippen LogP contribution >= 0.6 is 15.9 Å². The summed E-state index contributed by atoms with van der Waals surface area (Å²) in [6.45, 7) is 1.98. The zero-order chi connectivity index (χ0) is 14.9. The highest BCUT2D eigenvalue weighted by atomic mass is 79.9. The maximum Gasteiger partial charge on any atom is 0.303 e. The maximum absolute atomic E-state index is 10.7. The Morgan fingerprint density at radius 2 is 1.95 bits per heavy atom. The molecule has 1 aromatic carbocycles. The summed E-state index contributed by atoms with van der Waals surface area (Å²) in [5.41, 5.74) is 10.3. The minimum atomic E-state index is -0.866. The van der Waals surface area contributed by atoms with Gasteiger partial charge in [0.2, 0.25) is 0 Å². The molecule has 1 unspecified atom stereocenters. The standard InChI is InChI=1S/C15H20BrNO3/c1-8-9-4-2-3-5-10(9)14(16)15(20)13(8)11(17)6-7-12(18)19/h11,20H,2-7,17H2,1H3,(H,18,19). The number of carbonyl (C=O) groups is 1. The molecular formula is C15H20BrNO3. The van der Waals surface area contributed by atoms with E-state index in [1.54, 1.807) is 0 Å². The van der Waals surface area contributed by atoms with Crippen LogP contribution in [0.2, 0.25) is 0 Å². The van der Waals surface area contributed by atoms with E-state index in [0.717, 1.165) is 35.7 Å². The van der Waals surface area contributed by atoms with Gasteiger partial charge in [-0.2, -0.15) is 0 Å². The zero-order valence-electron chi connectivity index (χ0n) is 11.6. The number of halogens is 1. The molecule has 4 nitrogen and oxygen atoms in total. The molecule has 4 N–H and O–H groups in total. The summed E-state index contributed by atoms with van der Waals surface area (Å²) < 4.78 is 0.735. The number of hydrogen-bond acceptors (Lipinski definition) is 3. The summed E-state index contributed by atoms with van der Waals surface area (Å²) in [5.74, 6) is -0.685. The second-order valence-corrected chi connectivity index (χ2v) is 6.20. The van der Waals surface area contributed by atoms with Crippen molar-refractivity contribution in [2.24, 2.45) is 5.73 Å². The number of rotatable bonds is 4. The molecule has 0 radical (unpaired) electrons. The van der Waals surface area contributed by atoms with E-state index in [1.165, 1.54) is 11.1 Å². The van der Waals surface area contributed by atoms with Crippen molar-refractivity contribution < 1.29 is 15.0 Å². The van der Waals surface area contributed by atoms with Crippen molar-refractivity contribution in [3.8, 4) is 5.75 Å². The molecule has 1 aromatic rings. The number of hydrogen-bond donors (Lipinski definition) is 3. The van der Waals surface area contributed by atoms with E-state index in [4.69, 9.17) is 10.8 Å². The van der Waals surface area contributed by atoms with Crippen LogP contribution < -0.4 is 5.73 Å². The van der Waals surface area contributed by atoms with Crippen molar-refractivity contribution >= 4 is 21.9 Å². The predicted octanol–water partition coefficient (Wildman–Crippen LogP) is 3.21. The summed E-state index contributed by atoms with van der Waals surface area (Å²) in [7, 11) is 0. The topological polar surface area (TPSA) is 83.5 Å². The van der Waals surface area contributed by atoms with E-state index in [2.05, 4.69) is 15.9 Å². The van der Waals surface area contributed by atoms with E-state index in [1.807, 2.05) is 6.92 Å². The van der Waals surface area contributed by atoms with Crippen LogP contribution in [0.1, 0.15) is 54.0 Å². The summed E-state index contributed by atoms with van der Waals surface area (Å²) in [5, 5.41) is 19.2. The molecule has 5 heteroatoms. The third-order valence-electron chi connectivity index (χ3n) is 4.09. The van der Waals surface area contributed by atoms with Crippen molar-refractivity contribution in [2.75, 3.05) is 0 Å². The Hall–Kier alpha value is -1.07. The molecule has 0 heterocycles. The summed E-state index contributed by atoms with van der Waals surface area (Å²) >= 11 is 3.48. The Morgan fingerprint density at radius 1 is 1.35 bits per heavy atom. The molecule has 0 saturated carbocycles. The monoisotopic (exact) mass is 341 g/mol. The first kappa shape index (κ1) is 15.3. The fraction of sp³-hybridized carbons (Fsp3) is 0.533. The number of carboxylic acid groups (broad SMARTS) is 1.